The Labute approximate surface area is 135 Å². The Morgan fingerprint density at radius 2 is 1.86 bits per heavy atom. The topological polar surface area (TPSA) is 63.4 Å². The van der Waals surface area contributed by atoms with E-state index < -0.39 is 10.0 Å². The molecule has 22 heavy (non-hydrogen) atoms. The van der Waals surface area contributed by atoms with E-state index in [1.54, 1.807) is 0 Å². The zero-order chi connectivity index (χ0) is 15.7. The maximum Gasteiger partial charge on any atom is 0.264 e. The van der Waals surface area contributed by atoms with Crippen molar-refractivity contribution < 1.29 is 8.42 Å². The molecule has 4 nitrogen and oxygen atoms in total. The molecule has 1 aliphatic heterocycles. The molecule has 0 amide bonds. The van der Waals surface area contributed by atoms with Gasteiger partial charge in [0.15, 0.2) is 0 Å². The number of sulfonamides is 1. The Bertz CT molecular complexity index is 806. The maximum atomic E-state index is 13.0. The van der Waals surface area contributed by atoms with Gasteiger partial charge in [0, 0.05) is 6.54 Å². The first kappa shape index (κ1) is 15.2. The van der Waals surface area contributed by atoms with Gasteiger partial charge in [0.1, 0.15) is 0 Å². The smallest absolute Gasteiger partial charge is 0.264 e. The Kier molecular flexibility index (Phi) is 4.02. The summed E-state index contributed by atoms with van der Waals surface area (Å²) in [4.78, 5) is 0.172. The number of fused-ring (bicyclic) bond motifs is 1. The van der Waals surface area contributed by atoms with Crippen molar-refractivity contribution in [3.8, 4) is 0 Å². The van der Waals surface area contributed by atoms with Crippen LogP contribution in [0.3, 0.4) is 0 Å². The number of hydrogen-bond donors (Lipinski definition) is 1. The molecule has 0 saturated carbocycles. The Morgan fingerprint density at radius 3 is 2.64 bits per heavy atom. The normalized spacial score (nSPS) is 15.2. The van der Waals surface area contributed by atoms with Gasteiger partial charge in [-0.25, -0.2) is 8.42 Å². The average Bonchev–Trinajstić information content (AvgIpc) is 2.72. The molecule has 0 aliphatic carbocycles. The van der Waals surface area contributed by atoms with Crippen molar-refractivity contribution in [3.05, 3.63) is 53.1 Å². The number of aryl methyl sites for hydroxylation is 1. The second kappa shape index (κ2) is 5.82. The number of halogens is 1. The summed E-state index contributed by atoms with van der Waals surface area (Å²) in [6.45, 7) is 0.474. The third kappa shape index (κ3) is 2.66. The molecule has 0 aromatic heterocycles. The van der Waals surface area contributed by atoms with E-state index >= 15 is 0 Å². The molecule has 2 N–H and O–H groups in total. The predicted molar refractivity (Wildman–Crippen MR) is 89.8 cm³/mol. The summed E-state index contributed by atoms with van der Waals surface area (Å²) >= 11 is 5.89. The standard InChI is InChI=1S/C16H17ClN2O2S/c17-14-9-8-13(11-15(14)18)22(20,21)19-10-4-3-6-12-5-1-2-7-16(12)19/h1-2,5,7-9,11H,3-4,6,10,18H2. The number of benzene rings is 2. The van der Waals surface area contributed by atoms with Crippen molar-refractivity contribution in [2.24, 2.45) is 0 Å². The van der Waals surface area contributed by atoms with Crippen molar-refractivity contribution >= 4 is 33.0 Å². The van der Waals surface area contributed by atoms with Gasteiger partial charge >= 0.3 is 0 Å². The average molecular weight is 337 g/mol. The summed E-state index contributed by atoms with van der Waals surface area (Å²) in [5.41, 5.74) is 7.85. The molecule has 116 valence electrons. The van der Waals surface area contributed by atoms with Gasteiger partial charge in [-0.05, 0) is 49.1 Å². The molecule has 2 aromatic rings. The minimum absolute atomic E-state index is 0.172. The van der Waals surface area contributed by atoms with Crippen molar-refractivity contribution in [2.75, 3.05) is 16.6 Å². The van der Waals surface area contributed by atoms with Crippen LogP contribution in [0.4, 0.5) is 11.4 Å². The lowest BCUT2D eigenvalue weighted by atomic mass is 10.1. The van der Waals surface area contributed by atoms with Gasteiger partial charge in [-0.2, -0.15) is 0 Å². The molecule has 1 aliphatic rings. The van der Waals surface area contributed by atoms with Crippen LogP contribution in [0.1, 0.15) is 18.4 Å². The highest BCUT2D eigenvalue weighted by Gasteiger charge is 2.28. The minimum Gasteiger partial charge on any atom is -0.397 e. The highest BCUT2D eigenvalue weighted by Crippen LogP contribution is 2.32. The lowest BCUT2D eigenvalue weighted by molar-refractivity contribution is 0.589. The number of nitrogen functional groups attached to an aromatic ring is 1. The Hall–Kier alpha value is -1.72. The van der Waals surface area contributed by atoms with Gasteiger partial charge in [-0.1, -0.05) is 29.8 Å². The highest BCUT2D eigenvalue weighted by atomic mass is 35.5. The number of nitrogens with zero attached hydrogens (tertiary/aromatic N) is 1. The first-order valence-electron chi connectivity index (χ1n) is 7.16. The zero-order valence-corrected chi connectivity index (χ0v) is 13.6. The van der Waals surface area contributed by atoms with E-state index in [-0.39, 0.29) is 10.6 Å². The monoisotopic (exact) mass is 336 g/mol. The molecule has 0 atom stereocenters. The lowest BCUT2D eigenvalue weighted by Gasteiger charge is -2.24. The fourth-order valence-electron chi connectivity index (χ4n) is 2.72. The fraction of sp³-hybridized carbons (Fsp3) is 0.250. The molecule has 3 rings (SSSR count). The molecule has 0 spiro atoms. The molecule has 0 radical (unpaired) electrons. The summed E-state index contributed by atoms with van der Waals surface area (Å²) in [5.74, 6) is 0. The van der Waals surface area contributed by atoms with Crippen molar-refractivity contribution in [2.45, 2.75) is 24.2 Å². The lowest BCUT2D eigenvalue weighted by Crippen LogP contribution is -2.31. The second-order valence-electron chi connectivity index (χ2n) is 5.35. The van der Waals surface area contributed by atoms with Gasteiger partial charge in [0.25, 0.3) is 10.0 Å². The maximum absolute atomic E-state index is 13.0. The van der Waals surface area contributed by atoms with Gasteiger partial charge in [-0.15, -0.1) is 0 Å². The molecule has 0 fully saturated rings. The quantitative estimate of drug-likeness (QED) is 0.854. The summed E-state index contributed by atoms with van der Waals surface area (Å²) in [6, 6.07) is 12.1. The summed E-state index contributed by atoms with van der Waals surface area (Å²) in [6.07, 6.45) is 2.70. The minimum atomic E-state index is -3.64. The molecule has 6 heteroatoms. The highest BCUT2D eigenvalue weighted by molar-refractivity contribution is 7.92. The second-order valence-corrected chi connectivity index (χ2v) is 7.62. The largest absolute Gasteiger partial charge is 0.397 e. The van der Waals surface area contributed by atoms with E-state index in [0.29, 0.717) is 11.6 Å². The van der Waals surface area contributed by atoms with Crippen molar-refractivity contribution in [1.29, 1.82) is 0 Å². The summed E-state index contributed by atoms with van der Waals surface area (Å²) in [5, 5.41) is 0.357. The van der Waals surface area contributed by atoms with Crippen LogP contribution < -0.4 is 10.0 Å². The molecule has 1 heterocycles. The van der Waals surface area contributed by atoms with Gasteiger partial charge in [-0.3, -0.25) is 4.31 Å². The molecular weight excluding hydrogens is 320 g/mol. The van der Waals surface area contributed by atoms with Crippen LogP contribution in [0.2, 0.25) is 5.02 Å². The third-order valence-corrected chi connectivity index (χ3v) is 6.03. The number of anilines is 2. The fourth-order valence-corrected chi connectivity index (χ4v) is 4.41. The van der Waals surface area contributed by atoms with Crippen LogP contribution in [0.15, 0.2) is 47.4 Å². The molecule has 2 aromatic carbocycles. The van der Waals surface area contributed by atoms with E-state index in [9.17, 15) is 8.42 Å². The van der Waals surface area contributed by atoms with Crippen LogP contribution in [-0.4, -0.2) is 15.0 Å². The Balaban J connectivity index is 2.10. The first-order chi connectivity index (χ1) is 10.5. The van der Waals surface area contributed by atoms with Crippen LogP contribution in [-0.2, 0) is 16.4 Å². The SMILES string of the molecule is Nc1cc(S(=O)(=O)N2CCCCc3ccccc32)ccc1Cl. The number of nitrogens with two attached hydrogens (primary N) is 1. The predicted octanol–water partition coefficient (Wildman–Crippen LogP) is 3.45. The number of rotatable bonds is 2. The van der Waals surface area contributed by atoms with Gasteiger partial charge < -0.3 is 5.73 Å². The van der Waals surface area contributed by atoms with E-state index in [4.69, 9.17) is 17.3 Å². The van der Waals surface area contributed by atoms with Gasteiger partial charge in [0.2, 0.25) is 0 Å². The third-order valence-electron chi connectivity index (χ3n) is 3.87. The zero-order valence-electron chi connectivity index (χ0n) is 12.0. The molecule has 0 bridgehead atoms. The van der Waals surface area contributed by atoms with Crippen LogP contribution >= 0.6 is 11.6 Å². The van der Waals surface area contributed by atoms with E-state index in [1.165, 1.54) is 22.5 Å². The Morgan fingerprint density at radius 1 is 1.09 bits per heavy atom. The molecule has 0 unspecified atom stereocenters. The number of para-hydroxylation sites is 1. The summed E-state index contributed by atoms with van der Waals surface area (Å²) in [7, 11) is -3.64. The van der Waals surface area contributed by atoms with Gasteiger partial charge in [0.05, 0.1) is 21.3 Å². The molecule has 0 saturated heterocycles. The molecular formula is C16H17ClN2O2S. The summed E-state index contributed by atoms with van der Waals surface area (Å²) < 4.78 is 27.5. The van der Waals surface area contributed by atoms with E-state index in [2.05, 4.69) is 0 Å². The van der Waals surface area contributed by atoms with Crippen LogP contribution in [0, 0.1) is 0 Å². The van der Waals surface area contributed by atoms with Crippen molar-refractivity contribution in [1.82, 2.24) is 0 Å². The van der Waals surface area contributed by atoms with E-state index in [1.807, 2.05) is 24.3 Å². The van der Waals surface area contributed by atoms with Crippen LogP contribution in [0.5, 0.6) is 0 Å². The number of hydrogen-bond acceptors (Lipinski definition) is 3. The van der Waals surface area contributed by atoms with E-state index in [0.717, 1.165) is 30.5 Å². The first-order valence-corrected chi connectivity index (χ1v) is 8.97. The van der Waals surface area contributed by atoms with Crippen LogP contribution in [0.25, 0.3) is 0 Å². The van der Waals surface area contributed by atoms with Crippen molar-refractivity contribution in [3.63, 3.8) is 0 Å².